The van der Waals surface area contributed by atoms with Gasteiger partial charge in [0.25, 0.3) is 0 Å². The molecule has 2 aromatic heterocycles. The summed E-state index contributed by atoms with van der Waals surface area (Å²) in [7, 11) is -3.10. The van der Waals surface area contributed by atoms with Crippen LogP contribution in [-0.4, -0.2) is 27.8 Å². The smallest absolute Gasteiger partial charge is 0.518 e. The summed E-state index contributed by atoms with van der Waals surface area (Å²) in [6.07, 6.45) is 0. The van der Waals surface area contributed by atoms with Gasteiger partial charge < -0.3 is 4.65 Å². The molecule has 5 heterocycles. The number of aromatic nitrogens is 2. The molecule has 3 aliphatic rings. The molecule has 0 unspecified atom stereocenters. The highest BCUT2D eigenvalue weighted by Crippen LogP contribution is 2.46. The van der Waals surface area contributed by atoms with Crippen molar-refractivity contribution in [3.8, 4) is 5.75 Å². The van der Waals surface area contributed by atoms with E-state index < -0.39 is 179 Å². The summed E-state index contributed by atoms with van der Waals surface area (Å²) in [6.45, 7) is 0. The van der Waals surface area contributed by atoms with Crippen molar-refractivity contribution >= 4 is 52.0 Å². The van der Waals surface area contributed by atoms with Gasteiger partial charge in [-0.3, -0.25) is 8.96 Å². The second kappa shape index (κ2) is 10.8. The molecule has 3 aliphatic heterocycles. The lowest BCUT2D eigenvalue weighted by Crippen LogP contribution is -2.52. The molecule has 55 heavy (non-hydrogen) atoms. The first kappa shape index (κ1) is 34.3. The number of fused-ring (bicyclic) bond motifs is 10. The molecule has 0 saturated carbocycles. The van der Waals surface area contributed by atoms with Crippen LogP contribution in [0.3, 0.4) is 0 Å². The van der Waals surface area contributed by atoms with E-state index in [9.17, 15) is 39.5 Å². The van der Waals surface area contributed by atoms with Gasteiger partial charge in [0.05, 0.1) is 32.7 Å². The Kier molecular flexibility index (Phi) is 6.77. The Morgan fingerprint density at radius 3 is 1.15 bits per heavy atom. The molecule has 0 N–H and O–H groups in total. The van der Waals surface area contributed by atoms with Gasteiger partial charge in [-0.2, -0.15) is 8.78 Å². The number of aliphatic imine (C=N–C) groups is 2. The number of halogens is 17. The number of nitrogens with zero attached hydrogens (tertiary/aromatic N) is 6. The average molecular weight is 794 g/mol. The van der Waals surface area contributed by atoms with Crippen LogP contribution in [0.4, 0.5) is 86.3 Å². The van der Waals surface area contributed by atoms with Crippen LogP contribution in [0.15, 0.2) is 20.0 Å². The van der Waals surface area contributed by atoms with Crippen LogP contribution >= 0.6 is 0 Å². The van der Waals surface area contributed by atoms with Gasteiger partial charge in [-0.05, 0) is 0 Å². The van der Waals surface area contributed by atoms with Crippen molar-refractivity contribution in [3.05, 3.63) is 121 Å². The van der Waals surface area contributed by atoms with Crippen molar-refractivity contribution in [3.63, 3.8) is 0 Å². The van der Waals surface area contributed by atoms with Gasteiger partial charge in [0, 0.05) is 0 Å². The van der Waals surface area contributed by atoms with E-state index in [1.165, 1.54) is 0 Å². The molecule has 0 amide bonds. The predicted molar refractivity (Wildman–Crippen MR) is 148 cm³/mol. The molecular weight excluding hydrogens is 794 g/mol. The maximum Gasteiger partial charge on any atom is 0.633 e. The van der Waals surface area contributed by atoms with Crippen LogP contribution in [0.2, 0.25) is 0 Å². The molecule has 0 spiro atoms. The Balaban J connectivity index is 1.60. The first-order valence-electron chi connectivity index (χ1n) is 14.4. The fraction of sp³-hybridized carbons (Fsp3) is 0. The molecule has 0 fully saturated rings. The second-order valence-corrected chi connectivity index (χ2v) is 11.5. The van der Waals surface area contributed by atoms with Crippen molar-refractivity contribution in [1.29, 1.82) is 0 Å². The number of amidine groups is 2. The lowest BCUT2D eigenvalue weighted by molar-refractivity contribution is 0.344. The van der Waals surface area contributed by atoms with Gasteiger partial charge in [0.15, 0.2) is 87.2 Å². The number of benzene rings is 4. The maximum absolute atomic E-state index is 15.7. The van der Waals surface area contributed by atoms with Gasteiger partial charge >= 0.3 is 7.19 Å². The van der Waals surface area contributed by atoms with Gasteiger partial charge in [0.2, 0.25) is 29.1 Å². The molecule has 6 aromatic rings. The molecule has 278 valence electrons. The summed E-state index contributed by atoms with van der Waals surface area (Å²) < 4.78 is 260. The Labute approximate surface area is 287 Å². The van der Waals surface area contributed by atoms with Crippen LogP contribution < -0.4 is 15.6 Å². The fourth-order valence-electron chi connectivity index (χ4n) is 6.38. The summed E-state index contributed by atoms with van der Waals surface area (Å²) in [5.41, 5.74) is -6.10. The van der Waals surface area contributed by atoms with E-state index in [1.807, 2.05) is 0 Å². The third-order valence-corrected chi connectivity index (χ3v) is 8.74. The van der Waals surface area contributed by atoms with Crippen molar-refractivity contribution < 1.29 is 79.3 Å². The third kappa shape index (κ3) is 3.98. The SMILES string of the molecule is Fc1c(F)c(F)c(OB2n3c4c5c(F)c(F)c(F)c(F)c5c3/N=C3N=C(/N=c5/c6c(F)c(F)c(F)c(F)c6c(n52)=N4)c2c(F)c(F)c(F)c(F)c2\3)c(F)c1F. The molecule has 0 aliphatic carbocycles. The van der Waals surface area contributed by atoms with Gasteiger partial charge in [0.1, 0.15) is 22.6 Å². The van der Waals surface area contributed by atoms with E-state index in [-0.39, 0.29) is 8.96 Å². The lowest BCUT2D eigenvalue weighted by Gasteiger charge is -2.23. The number of hydrogen-bond acceptors (Lipinski definition) is 5. The topological polar surface area (TPSA) is 68.5 Å². The highest BCUT2D eigenvalue weighted by Gasteiger charge is 2.46. The maximum atomic E-state index is 15.7. The van der Waals surface area contributed by atoms with Gasteiger partial charge in [-0.25, -0.2) is 85.8 Å². The molecule has 9 rings (SSSR count). The molecular formula is C30BF17N6O. The molecule has 7 nitrogen and oxygen atoms in total. The zero-order valence-electron chi connectivity index (χ0n) is 25.1. The van der Waals surface area contributed by atoms with Gasteiger partial charge in [-0.15, -0.1) is 0 Å². The molecule has 0 radical (unpaired) electrons. The van der Waals surface area contributed by atoms with Crippen LogP contribution in [0.5, 0.6) is 5.75 Å². The lowest BCUT2D eigenvalue weighted by atomic mass is 9.98. The molecule has 4 aromatic carbocycles. The summed E-state index contributed by atoms with van der Waals surface area (Å²) in [5, 5.41) is -6.52. The van der Waals surface area contributed by atoms with Crippen LogP contribution in [0.25, 0.3) is 21.5 Å². The summed E-state index contributed by atoms with van der Waals surface area (Å²) in [5.74, 6) is -52.3. The first-order valence-corrected chi connectivity index (χ1v) is 14.4. The highest BCUT2D eigenvalue weighted by atomic mass is 19.2. The van der Waals surface area contributed by atoms with E-state index >= 15 is 35.1 Å². The quantitative estimate of drug-likeness (QED) is 0.0795. The fourth-order valence-corrected chi connectivity index (χ4v) is 6.38. The minimum absolute atomic E-state index is 0.0408. The normalized spacial score (nSPS) is 15.6. The van der Waals surface area contributed by atoms with Gasteiger partial charge in [-0.1, -0.05) is 0 Å². The van der Waals surface area contributed by atoms with Crippen molar-refractivity contribution in [1.82, 2.24) is 8.96 Å². The predicted octanol–water partition coefficient (Wildman–Crippen LogP) is 7.16. The minimum Gasteiger partial charge on any atom is -0.518 e. The van der Waals surface area contributed by atoms with Crippen molar-refractivity contribution in [2.75, 3.05) is 0 Å². The van der Waals surface area contributed by atoms with E-state index in [1.54, 1.807) is 0 Å². The second-order valence-electron chi connectivity index (χ2n) is 11.5. The molecule has 25 heteroatoms. The number of hydrogen-bond donors (Lipinski definition) is 0. The van der Waals surface area contributed by atoms with Crippen molar-refractivity contribution in [2.45, 2.75) is 0 Å². The third-order valence-electron chi connectivity index (χ3n) is 8.74. The van der Waals surface area contributed by atoms with Crippen LogP contribution in [0, 0.1) is 98.9 Å². The van der Waals surface area contributed by atoms with Crippen LogP contribution in [0.1, 0.15) is 11.1 Å². The Morgan fingerprint density at radius 1 is 0.327 bits per heavy atom. The first-order chi connectivity index (χ1) is 25.9. The highest BCUT2D eigenvalue weighted by molar-refractivity contribution is 6.52. The zero-order valence-corrected chi connectivity index (χ0v) is 25.1. The van der Waals surface area contributed by atoms with E-state index in [0.717, 1.165) is 0 Å². The summed E-state index contributed by atoms with van der Waals surface area (Å²) in [6, 6.07) is 0. The Morgan fingerprint density at radius 2 is 0.673 bits per heavy atom. The number of rotatable bonds is 2. The van der Waals surface area contributed by atoms with E-state index in [4.69, 9.17) is 4.65 Å². The Bertz CT molecular complexity index is 3090. The van der Waals surface area contributed by atoms with Crippen LogP contribution in [-0.2, 0) is 0 Å². The average Bonchev–Trinajstić information content (AvgIpc) is 3.80. The standard InChI is InChI=1S/C30BF17N6O/c32-7-1-2(8(33)14(39)13(7)38)26-49-25(1)50-27-3-5(11(36)17(42)15(40)9(3)34)29-52-30-6-4(10(35)16(41)18(43)12(6)37)28(51-26)54(30)31(53(27)29)55-24-22(47)20(45)19(44)21(46)23(24)48/b50-25-,50-27?,51-26?,51-28-. The van der Waals surface area contributed by atoms with Crippen molar-refractivity contribution in [2.24, 2.45) is 20.0 Å². The minimum atomic E-state index is -3.10. The Hall–Kier alpha value is -6.43. The molecule has 0 saturated heterocycles. The van der Waals surface area contributed by atoms with E-state index in [0.29, 0.717) is 0 Å². The summed E-state index contributed by atoms with van der Waals surface area (Å²) in [4.78, 5) is 14.5. The summed E-state index contributed by atoms with van der Waals surface area (Å²) >= 11 is 0. The molecule has 4 bridgehead atoms. The largest absolute Gasteiger partial charge is 0.633 e. The van der Waals surface area contributed by atoms with E-state index in [2.05, 4.69) is 20.0 Å². The zero-order chi connectivity index (χ0) is 39.6. The monoisotopic (exact) mass is 794 g/mol. The molecule has 0 atom stereocenters.